The summed E-state index contributed by atoms with van der Waals surface area (Å²) < 4.78 is 0. The van der Waals surface area contributed by atoms with Crippen LogP contribution in [0.4, 0.5) is 0 Å². The van der Waals surface area contributed by atoms with Crippen molar-refractivity contribution >= 4 is 11.9 Å². The van der Waals surface area contributed by atoms with E-state index in [1.54, 1.807) is 0 Å². The maximum atomic E-state index is 10.7. The summed E-state index contributed by atoms with van der Waals surface area (Å²) in [4.78, 5) is 21.3. The number of fused-ring (bicyclic) bond motifs is 1. The van der Waals surface area contributed by atoms with Crippen molar-refractivity contribution in [3.8, 4) is 0 Å². The molecule has 2 N–H and O–H groups in total. The summed E-state index contributed by atoms with van der Waals surface area (Å²) in [5.74, 6) is -0.150. The van der Waals surface area contributed by atoms with Crippen LogP contribution >= 0.6 is 0 Å². The van der Waals surface area contributed by atoms with E-state index in [0.717, 1.165) is 12.8 Å². The van der Waals surface area contributed by atoms with Crippen molar-refractivity contribution in [3.05, 3.63) is 0 Å². The number of rotatable bonds is 2. The minimum Gasteiger partial charge on any atom is -0.481 e. The Morgan fingerprint density at radius 1 is 1.31 bits per heavy atom. The van der Waals surface area contributed by atoms with Gasteiger partial charge >= 0.3 is 5.97 Å². The smallest absolute Gasteiger partial charge is 0.307 e. The first-order valence-corrected chi connectivity index (χ1v) is 4.59. The molecule has 0 spiro atoms. The molecule has 2 unspecified atom stereocenters. The molecule has 4 nitrogen and oxygen atoms in total. The molecular formula is C9H13NO3. The third kappa shape index (κ3) is 1.41. The van der Waals surface area contributed by atoms with Crippen molar-refractivity contribution in [2.24, 2.45) is 17.8 Å². The molecule has 1 amide bonds. The van der Waals surface area contributed by atoms with E-state index in [0.29, 0.717) is 11.8 Å². The van der Waals surface area contributed by atoms with E-state index in [9.17, 15) is 9.59 Å². The van der Waals surface area contributed by atoms with Gasteiger partial charge in [0, 0.05) is 13.0 Å². The highest BCUT2D eigenvalue weighted by Crippen LogP contribution is 2.57. The molecule has 0 aromatic carbocycles. The fraction of sp³-hybridized carbons (Fsp3) is 0.778. The molecule has 2 aliphatic rings. The molecule has 0 aromatic rings. The predicted molar refractivity (Wildman–Crippen MR) is 44.9 cm³/mol. The van der Waals surface area contributed by atoms with E-state index < -0.39 is 5.97 Å². The summed E-state index contributed by atoms with van der Waals surface area (Å²) in [6.07, 6.45) is 1.70. The van der Waals surface area contributed by atoms with E-state index in [1.807, 2.05) is 0 Å². The van der Waals surface area contributed by atoms with Crippen LogP contribution in [0.15, 0.2) is 0 Å². The van der Waals surface area contributed by atoms with Crippen molar-refractivity contribution in [2.75, 3.05) is 0 Å². The van der Waals surface area contributed by atoms with E-state index in [-0.39, 0.29) is 17.9 Å². The third-order valence-corrected chi connectivity index (χ3v) is 3.14. The molecule has 4 heteroatoms. The molecule has 13 heavy (non-hydrogen) atoms. The second-order valence-electron chi connectivity index (χ2n) is 4.06. The Bertz CT molecular complexity index is 252. The van der Waals surface area contributed by atoms with Gasteiger partial charge in [-0.3, -0.25) is 9.59 Å². The number of hydrogen-bond acceptors (Lipinski definition) is 2. The van der Waals surface area contributed by atoms with Gasteiger partial charge in [0.15, 0.2) is 0 Å². The second kappa shape index (κ2) is 2.72. The van der Waals surface area contributed by atoms with Gasteiger partial charge in [0.1, 0.15) is 0 Å². The Morgan fingerprint density at radius 3 is 2.23 bits per heavy atom. The lowest BCUT2D eigenvalue weighted by Crippen LogP contribution is -2.32. The van der Waals surface area contributed by atoms with Crippen LogP contribution in [0.5, 0.6) is 0 Å². The first-order valence-electron chi connectivity index (χ1n) is 4.59. The molecule has 2 rings (SSSR count). The Labute approximate surface area is 76.3 Å². The van der Waals surface area contributed by atoms with Crippen LogP contribution in [0.25, 0.3) is 0 Å². The quantitative estimate of drug-likeness (QED) is 0.644. The molecule has 0 saturated heterocycles. The number of nitrogens with one attached hydrogen (secondary N) is 1. The normalized spacial score (nSPS) is 41.0. The van der Waals surface area contributed by atoms with Crippen molar-refractivity contribution < 1.29 is 14.7 Å². The molecular weight excluding hydrogens is 170 g/mol. The fourth-order valence-corrected chi connectivity index (χ4v) is 2.61. The van der Waals surface area contributed by atoms with E-state index in [2.05, 4.69) is 5.32 Å². The van der Waals surface area contributed by atoms with Gasteiger partial charge in [-0.05, 0) is 24.7 Å². The van der Waals surface area contributed by atoms with Gasteiger partial charge in [0.25, 0.3) is 0 Å². The van der Waals surface area contributed by atoms with Crippen molar-refractivity contribution in [1.29, 1.82) is 0 Å². The molecule has 0 aromatic heterocycles. The molecule has 0 bridgehead atoms. The number of amides is 1. The number of carboxylic acids is 1. The largest absolute Gasteiger partial charge is 0.481 e. The topological polar surface area (TPSA) is 66.4 Å². The van der Waals surface area contributed by atoms with Gasteiger partial charge in [0.05, 0.1) is 5.92 Å². The van der Waals surface area contributed by atoms with Crippen molar-refractivity contribution in [2.45, 2.75) is 25.8 Å². The van der Waals surface area contributed by atoms with Crippen LogP contribution in [0.1, 0.15) is 19.8 Å². The van der Waals surface area contributed by atoms with Crippen molar-refractivity contribution in [3.63, 3.8) is 0 Å². The lowest BCUT2D eigenvalue weighted by molar-refractivity contribution is -0.139. The van der Waals surface area contributed by atoms with Crippen LogP contribution in [0.3, 0.4) is 0 Å². The third-order valence-electron chi connectivity index (χ3n) is 3.14. The van der Waals surface area contributed by atoms with Gasteiger partial charge in [-0.2, -0.15) is 0 Å². The highest BCUT2D eigenvalue weighted by Gasteiger charge is 2.59. The molecule has 0 aliphatic heterocycles. The number of hydrogen-bond donors (Lipinski definition) is 2. The lowest BCUT2D eigenvalue weighted by atomic mass is 10.1. The van der Waals surface area contributed by atoms with Crippen LogP contribution in [-0.2, 0) is 9.59 Å². The van der Waals surface area contributed by atoms with Crippen LogP contribution in [0, 0.1) is 17.8 Å². The Kier molecular flexibility index (Phi) is 1.78. The van der Waals surface area contributed by atoms with Crippen molar-refractivity contribution in [1.82, 2.24) is 5.32 Å². The van der Waals surface area contributed by atoms with Crippen LogP contribution < -0.4 is 5.32 Å². The van der Waals surface area contributed by atoms with E-state index >= 15 is 0 Å². The summed E-state index contributed by atoms with van der Waals surface area (Å²) in [6.45, 7) is 1.50. The standard InChI is InChI=1S/C9H13NO3/c1-4(11)10-5-2-6-7(3-5)8(6)9(12)13/h5-8H,2-3H2,1H3,(H,10,11)(H,12,13). The monoisotopic (exact) mass is 183 g/mol. The summed E-state index contributed by atoms with van der Waals surface area (Å²) in [5.41, 5.74) is 0. The first kappa shape index (κ1) is 8.53. The molecule has 2 atom stereocenters. The number of aliphatic carboxylic acids is 1. The molecule has 2 fully saturated rings. The zero-order valence-electron chi connectivity index (χ0n) is 7.49. The number of carbonyl (C=O) groups is 2. The minimum absolute atomic E-state index is 0.0156. The Balaban J connectivity index is 1.83. The number of carboxylic acid groups (broad SMARTS) is 1. The highest BCUT2D eigenvalue weighted by molar-refractivity contribution is 5.75. The zero-order valence-corrected chi connectivity index (χ0v) is 7.49. The van der Waals surface area contributed by atoms with Gasteiger partial charge in [-0.25, -0.2) is 0 Å². The summed E-state index contributed by atoms with van der Waals surface area (Å²) in [6, 6.07) is 0.225. The maximum Gasteiger partial charge on any atom is 0.307 e. The average Bonchev–Trinajstić information content (AvgIpc) is 2.49. The molecule has 0 heterocycles. The molecule has 72 valence electrons. The molecule has 2 saturated carbocycles. The van der Waals surface area contributed by atoms with Gasteiger partial charge in [-0.1, -0.05) is 0 Å². The summed E-state index contributed by atoms with van der Waals surface area (Å²) in [5, 5.41) is 11.6. The van der Waals surface area contributed by atoms with Crippen LogP contribution in [0.2, 0.25) is 0 Å². The number of carbonyl (C=O) groups excluding carboxylic acids is 1. The Morgan fingerprint density at radius 2 is 1.85 bits per heavy atom. The maximum absolute atomic E-state index is 10.7. The van der Waals surface area contributed by atoms with E-state index in [1.165, 1.54) is 6.92 Å². The van der Waals surface area contributed by atoms with Gasteiger partial charge in [-0.15, -0.1) is 0 Å². The molecule has 0 radical (unpaired) electrons. The van der Waals surface area contributed by atoms with Gasteiger partial charge in [0.2, 0.25) is 5.91 Å². The minimum atomic E-state index is -0.670. The Hall–Kier alpha value is -1.06. The zero-order chi connectivity index (χ0) is 9.59. The average molecular weight is 183 g/mol. The lowest BCUT2D eigenvalue weighted by Gasteiger charge is -2.13. The van der Waals surface area contributed by atoms with Crippen LogP contribution in [-0.4, -0.2) is 23.0 Å². The second-order valence-corrected chi connectivity index (χ2v) is 4.06. The first-order chi connectivity index (χ1) is 6.09. The summed E-state index contributed by atoms with van der Waals surface area (Å²) in [7, 11) is 0. The van der Waals surface area contributed by atoms with Gasteiger partial charge < -0.3 is 10.4 Å². The fourth-order valence-electron chi connectivity index (χ4n) is 2.61. The molecule has 2 aliphatic carbocycles. The van der Waals surface area contributed by atoms with E-state index in [4.69, 9.17) is 5.11 Å². The summed E-state index contributed by atoms with van der Waals surface area (Å²) >= 11 is 0. The highest BCUT2D eigenvalue weighted by atomic mass is 16.4. The SMILES string of the molecule is CC(=O)NC1CC2C(C1)C2C(=O)O. The predicted octanol–water partition coefficient (Wildman–Crippen LogP) is 0.232.